The number of hydrogen-bond donors (Lipinski definition) is 1. The van der Waals surface area contributed by atoms with Gasteiger partial charge in [-0.05, 0) is 49.5 Å². The molecule has 0 spiro atoms. The van der Waals surface area contributed by atoms with Crippen molar-refractivity contribution in [2.45, 2.75) is 12.8 Å². The fourth-order valence-corrected chi connectivity index (χ4v) is 2.11. The van der Waals surface area contributed by atoms with E-state index in [0.717, 1.165) is 5.92 Å². The molecule has 1 atom stereocenters. The molecule has 1 aliphatic heterocycles. The van der Waals surface area contributed by atoms with E-state index in [2.05, 4.69) is 45.5 Å². The van der Waals surface area contributed by atoms with Gasteiger partial charge < -0.3 is 5.32 Å². The Morgan fingerprint density at radius 2 is 2.08 bits per heavy atom. The normalized spacial score (nSPS) is 22.1. The predicted molar refractivity (Wildman–Crippen MR) is 58.8 cm³/mol. The Kier molecular flexibility index (Phi) is 3.01. The predicted octanol–water partition coefficient (Wildman–Crippen LogP) is 2.60. The van der Waals surface area contributed by atoms with Gasteiger partial charge >= 0.3 is 0 Å². The molecule has 0 aromatic heterocycles. The van der Waals surface area contributed by atoms with Crippen LogP contribution < -0.4 is 5.32 Å². The van der Waals surface area contributed by atoms with E-state index in [4.69, 9.17) is 0 Å². The largest absolute Gasteiger partial charge is 0.316 e. The minimum absolute atomic E-state index is 0.848. The van der Waals surface area contributed by atoms with Crippen molar-refractivity contribution in [2.24, 2.45) is 5.92 Å². The molecule has 1 saturated heterocycles. The number of nitrogens with one attached hydrogen (secondary N) is 1. The van der Waals surface area contributed by atoms with Gasteiger partial charge in [-0.2, -0.15) is 0 Å². The standard InChI is InChI=1S/C11H14BrN/c12-11-3-1-9(2-4-11)7-10-5-6-13-8-10/h1-4,10,13H,5-8H2. The smallest absolute Gasteiger partial charge is 0.0175 e. The van der Waals surface area contributed by atoms with Crippen LogP contribution in [0.15, 0.2) is 28.7 Å². The summed E-state index contributed by atoms with van der Waals surface area (Å²) in [5.41, 5.74) is 1.46. The van der Waals surface area contributed by atoms with E-state index in [-0.39, 0.29) is 0 Å². The molecule has 0 aliphatic carbocycles. The van der Waals surface area contributed by atoms with Crippen LogP contribution in [0, 0.1) is 5.92 Å². The van der Waals surface area contributed by atoms with Gasteiger partial charge in [-0.1, -0.05) is 28.1 Å². The van der Waals surface area contributed by atoms with Crippen LogP contribution in [-0.4, -0.2) is 13.1 Å². The third-order valence-electron chi connectivity index (χ3n) is 2.60. The maximum atomic E-state index is 3.45. The highest BCUT2D eigenvalue weighted by atomic mass is 79.9. The summed E-state index contributed by atoms with van der Waals surface area (Å²) in [6, 6.07) is 8.67. The van der Waals surface area contributed by atoms with E-state index in [1.165, 1.54) is 36.0 Å². The molecule has 2 heteroatoms. The fourth-order valence-electron chi connectivity index (χ4n) is 1.84. The van der Waals surface area contributed by atoms with Crippen molar-refractivity contribution in [3.05, 3.63) is 34.3 Å². The van der Waals surface area contributed by atoms with Crippen LogP contribution in [0.4, 0.5) is 0 Å². The molecule has 1 fully saturated rings. The highest BCUT2D eigenvalue weighted by Crippen LogP contribution is 2.17. The van der Waals surface area contributed by atoms with Gasteiger partial charge in [-0.15, -0.1) is 0 Å². The van der Waals surface area contributed by atoms with Gasteiger partial charge in [0.15, 0.2) is 0 Å². The van der Waals surface area contributed by atoms with E-state index in [0.29, 0.717) is 0 Å². The fraction of sp³-hybridized carbons (Fsp3) is 0.455. The zero-order chi connectivity index (χ0) is 9.10. The van der Waals surface area contributed by atoms with Crippen molar-refractivity contribution in [1.29, 1.82) is 0 Å². The van der Waals surface area contributed by atoms with E-state index in [1.807, 2.05) is 0 Å². The first kappa shape index (κ1) is 9.22. The molecule has 1 nitrogen and oxygen atoms in total. The molecule has 0 radical (unpaired) electrons. The second-order valence-corrected chi connectivity index (χ2v) is 4.61. The molecule has 1 aromatic rings. The lowest BCUT2D eigenvalue weighted by Crippen LogP contribution is -2.10. The number of hydrogen-bond acceptors (Lipinski definition) is 1. The summed E-state index contributed by atoms with van der Waals surface area (Å²) in [4.78, 5) is 0. The maximum Gasteiger partial charge on any atom is 0.0175 e. The highest BCUT2D eigenvalue weighted by molar-refractivity contribution is 9.10. The first-order valence-electron chi connectivity index (χ1n) is 4.80. The summed E-state index contributed by atoms with van der Waals surface area (Å²) >= 11 is 3.45. The zero-order valence-electron chi connectivity index (χ0n) is 7.59. The minimum Gasteiger partial charge on any atom is -0.316 e. The Balaban J connectivity index is 1.97. The molecule has 0 saturated carbocycles. The topological polar surface area (TPSA) is 12.0 Å². The quantitative estimate of drug-likeness (QED) is 0.837. The first-order valence-corrected chi connectivity index (χ1v) is 5.59. The minimum atomic E-state index is 0.848. The summed E-state index contributed by atoms with van der Waals surface area (Å²) < 4.78 is 1.17. The SMILES string of the molecule is Brc1ccc(CC2CCNC2)cc1. The van der Waals surface area contributed by atoms with Gasteiger partial charge in [-0.25, -0.2) is 0 Å². The Morgan fingerprint density at radius 1 is 1.31 bits per heavy atom. The van der Waals surface area contributed by atoms with Gasteiger partial charge in [-0.3, -0.25) is 0 Å². The average Bonchev–Trinajstić information content (AvgIpc) is 2.62. The van der Waals surface area contributed by atoms with Crippen LogP contribution in [0.25, 0.3) is 0 Å². The van der Waals surface area contributed by atoms with E-state index in [1.54, 1.807) is 0 Å². The van der Waals surface area contributed by atoms with Gasteiger partial charge in [0, 0.05) is 4.47 Å². The lowest BCUT2D eigenvalue weighted by molar-refractivity contribution is 0.580. The van der Waals surface area contributed by atoms with Crippen LogP contribution in [-0.2, 0) is 6.42 Å². The summed E-state index contributed by atoms with van der Waals surface area (Å²) in [6.07, 6.45) is 2.55. The molecule has 1 heterocycles. The van der Waals surface area contributed by atoms with Crippen molar-refractivity contribution in [1.82, 2.24) is 5.32 Å². The molecule has 0 amide bonds. The molecule has 2 rings (SSSR count). The summed E-state index contributed by atoms with van der Waals surface area (Å²) in [6.45, 7) is 2.39. The van der Waals surface area contributed by atoms with Crippen LogP contribution in [0.2, 0.25) is 0 Å². The van der Waals surface area contributed by atoms with E-state index < -0.39 is 0 Å². The lowest BCUT2D eigenvalue weighted by Gasteiger charge is -2.07. The van der Waals surface area contributed by atoms with Crippen molar-refractivity contribution >= 4 is 15.9 Å². The van der Waals surface area contributed by atoms with Crippen molar-refractivity contribution in [2.75, 3.05) is 13.1 Å². The van der Waals surface area contributed by atoms with E-state index >= 15 is 0 Å². The molecular weight excluding hydrogens is 226 g/mol. The van der Waals surface area contributed by atoms with Gasteiger partial charge in [0.2, 0.25) is 0 Å². The average molecular weight is 240 g/mol. The zero-order valence-corrected chi connectivity index (χ0v) is 9.18. The Bertz CT molecular complexity index is 262. The number of benzene rings is 1. The first-order chi connectivity index (χ1) is 6.34. The molecule has 70 valence electrons. The Morgan fingerprint density at radius 3 is 2.69 bits per heavy atom. The number of halogens is 1. The lowest BCUT2D eigenvalue weighted by atomic mass is 9.99. The number of rotatable bonds is 2. The second kappa shape index (κ2) is 4.25. The van der Waals surface area contributed by atoms with Crippen molar-refractivity contribution < 1.29 is 0 Å². The van der Waals surface area contributed by atoms with Crippen LogP contribution in [0.1, 0.15) is 12.0 Å². The van der Waals surface area contributed by atoms with Crippen molar-refractivity contribution in [3.63, 3.8) is 0 Å². The molecule has 1 aromatic carbocycles. The molecule has 0 bridgehead atoms. The van der Waals surface area contributed by atoms with E-state index in [9.17, 15) is 0 Å². The molecule has 1 N–H and O–H groups in total. The maximum absolute atomic E-state index is 3.45. The molecule has 1 unspecified atom stereocenters. The third-order valence-corrected chi connectivity index (χ3v) is 3.13. The third kappa shape index (κ3) is 2.55. The van der Waals surface area contributed by atoms with Crippen LogP contribution >= 0.6 is 15.9 Å². The van der Waals surface area contributed by atoms with Gasteiger partial charge in [0.25, 0.3) is 0 Å². The van der Waals surface area contributed by atoms with Gasteiger partial charge in [0.05, 0.1) is 0 Å². The summed E-state index contributed by atoms with van der Waals surface area (Å²) in [5, 5.41) is 3.39. The van der Waals surface area contributed by atoms with Crippen LogP contribution in [0.3, 0.4) is 0 Å². The molecule has 1 aliphatic rings. The highest BCUT2D eigenvalue weighted by Gasteiger charge is 2.14. The Labute approximate surface area is 87.7 Å². The summed E-state index contributed by atoms with van der Waals surface area (Å²) in [5.74, 6) is 0.848. The van der Waals surface area contributed by atoms with Crippen LogP contribution in [0.5, 0.6) is 0 Å². The Hall–Kier alpha value is -0.340. The van der Waals surface area contributed by atoms with Gasteiger partial charge in [0.1, 0.15) is 0 Å². The molecule has 13 heavy (non-hydrogen) atoms. The molecular formula is C11H14BrN. The van der Waals surface area contributed by atoms with Crippen molar-refractivity contribution in [3.8, 4) is 0 Å². The second-order valence-electron chi connectivity index (χ2n) is 3.69. The summed E-state index contributed by atoms with van der Waals surface area (Å²) in [7, 11) is 0. The monoisotopic (exact) mass is 239 g/mol.